The Labute approximate surface area is 130 Å². The van der Waals surface area contributed by atoms with Crippen LogP contribution in [0.1, 0.15) is 58.2 Å². The van der Waals surface area contributed by atoms with Crippen molar-refractivity contribution in [3.8, 4) is 5.75 Å². The second kappa shape index (κ2) is 6.97. The van der Waals surface area contributed by atoms with Gasteiger partial charge < -0.3 is 10.0 Å². The van der Waals surface area contributed by atoms with Crippen LogP contribution in [0.3, 0.4) is 0 Å². The van der Waals surface area contributed by atoms with Crippen molar-refractivity contribution in [2.75, 3.05) is 14.1 Å². The van der Waals surface area contributed by atoms with Crippen molar-refractivity contribution in [1.29, 1.82) is 0 Å². The fraction of sp³-hybridized carbons (Fsp3) is 0.611. The molecule has 0 heterocycles. The van der Waals surface area contributed by atoms with Crippen LogP contribution in [0.2, 0.25) is 0 Å². The number of carbonyl (C=O) groups excluding carboxylic acids is 1. The van der Waals surface area contributed by atoms with Gasteiger partial charge in [0.2, 0.25) is 6.41 Å². The van der Waals surface area contributed by atoms with Gasteiger partial charge >= 0.3 is 0 Å². The first-order valence-corrected chi connectivity index (χ1v) is 7.27. The van der Waals surface area contributed by atoms with Crippen molar-refractivity contribution in [3.05, 3.63) is 28.8 Å². The number of rotatable bonds is 1. The summed E-state index contributed by atoms with van der Waals surface area (Å²) >= 11 is 0. The summed E-state index contributed by atoms with van der Waals surface area (Å²) in [6, 6.07) is 4.18. The second-order valence-corrected chi connectivity index (χ2v) is 7.78. The molecule has 1 aromatic rings. The first-order valence-electron chi connectivity index (χ1n) is 7.27. The lowest BCUT2D eigenvalue weighted by molar-refractivity contribution is -0.115. The highest BCUT2D eigenvalue weighted by Gasteiger charge is 2.25. The van der Waals surface area contributed by atoms with Crippen LogP contribution >= 0.6 is 0 Å². The monoisotopic (exact) mass is 293 g/mol. The molecule has 0 aromatic heterocycles. The minimum absolute atomic E-state index is 0.0178. The lowest BCUT2D eigenvalue weighted by Gasteiger charge is -2.27. The van der Waals surface area contributed by atoms with Gasteiger partial charge in [-0.3, -0.25) is 4.79 Å². The van der Waals surface area contributed by atoms with Crippen LogP contribution in [0.25, 0.3) is 0 Å². The van der Waals surface area contributed by atoms with Crippen LogP contribution in [0.4, 0.5) is 0 Å². The molecular formula is C18H31NO2. The predicted molar refractivity (Wildman–Crippen MR) is 90.0 cm³/mol. The van der Waals surface area contributed by atoms with Crippen molar-refractivity contribution in [2.24, 2.45) is 0 Å². The molecule has 0 bridgehead atoms. The number of benzene rings is 1. The Bertz CT molecular complexity index is 442. The van der Waals surface area contributed by atoms with Gasteiger partial charge in [0, 0.05) is 14.1 Å². The molecule has 0 saturated carbocycles. The molecule has 0 aliphatic carbocycles. The summed E-state index contributed by atoms with van der Waals surface area (Å²) in [5.74, 6) is 0.464. The fourth-order valence-corrected chi connectivity index (χ4v) is 1.92. The van der Waals surface area contributed by atoms with Gasteiger partial charge in [-0.05, 0) is 28.9 Å². The summed E-state index contributed by atoms with van der Waals surface area (Å²) in [4.78, 5) is 10.9. The molecule has 0 saturated heterocycles. The number of hydrogen-bond acceptors (Lipinski definition) is 2. The number of aromatic hydroxyl groups is 1. The van der Waals surface area contributed by atoms with Gasteiger partial charge in [-0.2, -0.15) is 0 Å². The normalized spacial score (nSPS) is 11.5. The summed E-state index contributed by atoms with van der Waals surface area (Å²) in [5, 5.41) is 10.4. The Morgan fingerprint density at radius 2 is 1.24 bits per heavy atom. The van der Waals surface area contributed by atoms with Gasteiger partial charge in [0.1, 0.15) is 5.75 Å². The third-order valence-electron chi connectivity index (χ3n) is 3.08. The molecule has 3 nitrogen and oxygen atoms in total. The number of phenols is 1. The highest BCUT2D eigenvalue weighted by molar-refractivity contribution is 5.49. The highest BCUT2D eigenvalue weighted by Crippen LogP contribution is 2.39. The van der Waals surface area contributed by atoms with Crippen molar-refractivity contribution >= 4 is 6.41 Å². The summed E-state index contributed by atoms with van der Waals surface area (Å²) in [5.41, 5.74) is 3.26. The van der Waals surface area contributed by atoms with E-state index in [0.717, 1.165) is 17.5 Å². The Kier molecular flexibility index (Phi) is 6.47. The number of hydrogen-bond donors (Lipinski definition) is 1. The van der Waals surface area contributed by atoms with E-state index < -0.39 is 0 Å². The van der Waals surface area contributed by atoms with Crippen molar-refractivity contribution in [3.63, 3.8) is 0 Å². The molecule has 1 amide bonds. The standard InChI is InChI=1S/C15H24O.C3H7NO/c1-10-8-11(14(2,3)4)13(16)12(9-10)15(5,6)7;1-4(2)3-5/h8-9,16H,1-7H3;3H,1-2H3. The molecule has 1 aromatic carbocycles. The molecule has 0 fully saturated rings. The molecule has 0 unspecified atom stereocenters. The van der Waals surface area contributed by atoms with E-state index in [9.17, 15) is 9.90 Å². The van der Waals surface area contributed by atoms with Gasteiger partial charge in [-0.25, -0.2) is 0 Å². The summed E-state index contributed by atoms with van der Waals surface area (Å²) in [6.07, 6.45) is 0.750. The number of aryl methyl sites for hydroxylation is 1. The van der Waals surface area contributed by atoms with E-state index in [-0.39, 0.29) is 10.8 Å². The molecule has 1 N–H and O–H groups in total. The molecule has 0 atom stereocenters. The second-order valence-electron chi connectivity index (χ2n) is 7.78. The zero-order chi connectivity index (χ0) is 17.0. The zero-order valence-corrected chi connectivity index (χ0v) is 15.0. The number of amides is 1. The van der Waals surface area contributed by atoms with Crippen LogP contribution in [-0.4, -0.2) is 30.5 Å². The van der Waals surface area contributed by atoms with E-state index in [1.54, 1.807) is 14.1 Å². The van der Waals surface area contributed by atoms with E-state index in [0.29, 0.717) is 5.75 Å². The van der Waals surface area contributed by atoms with E-state index in [2.05, 4.69) is 60.6 Å². The van der Waals surface area contributed by atoms with Crippen LogP contribution in [0.5, 0.6) is 5.75 Å². The van der Waals surface area contributed by atoms with Crippen molar-refractivity contribution < 1.29 is 9.90 Å². The minimum Gasteiger partial charge on any atom is -0.507 e. The van der Waals surface area contributed by atoms with Gasteiger partial charge in [0.25, 0.3) is 0 Å². The largest absolute Gasteiger partial charge is 0.507 e. The Balaban J connectivity index is 0.000000690. The first kappa shape index (κ1) is 19.5. The lowest BCUT2D eigenvalue weighted by Crippen LogP contribution is -2.17. The van der Waals surface area contributed by atoms with E-state index in [1.807, 2.05) is 0 Å². The maximum Gasteiger partial charge on any atom is 0.209 e. The van der Waals surface area contributed by atoms with Gasteiger partial charge in [-0.15, -0.1) is 0 Å². The van der Waals surface area contributed by atoms with Crippen molar-refractivity contribution in [2.45, 2.75) is 59.3 Å². The molecule has 21 heavy (non-hydrogen) atoms. The minimum atomic E-state index is -0.0178. The van der Waals surface area contributed by atoms with Crippen LogP contribution in [-0.2, 0) is 15.6 Å². The third-order valence-corrected chi connectivity index (χ3v) is 3.08. The zero-order valence-electron chi connectivity index (χ0n) is 15.0. The average Bonchev–Trinajstić information content (AvgIpc) is 2.29. The molecule has 0 aliphatic heterocycles. The van der Waals surface area contributed by atoms with E-state index in [4.69, 9.17) is 0 Å². The molecular weight excluding hydrogens is 262 g/mol. The summed E-state index contributed by atoms with van der Waals surface area (Å²) < 4.78 is 0. The van der Waals surface area contributed by atoms with Gasteiger partial charge in [0.15, 0.2) is 0 Å². The summed E-state index contributed by atoms with van der Waals surface area (Å²) in [7, 11) is 3.38. The summed E-state index contributed by atoms with van der Waals surface area (Å²) in [6.45, 7) is 14.9. The molecule has 0 radical (unpaired) electrons. The quantitative estimate of drug-likeness (QED) is 0.795. The first-order chi connectivity index (χ1) is 9.30. The Morgan fingerprint density at radius 3 is 1.43 bits per heavy atom. The smallest absolute Gasteiger partial charge is 0.209 e. The van der Waals surface area contributed by atoms with Crippen LogP contribution in [0, 0.1) is 6.92 Å². The number of nitrogens with zero attached hydrogens (tertiary/aromatic N) is 1. The molecule has 1 rings (SSSR count). The van der Waals surface area contributed by atoms with E-state index in [1.165, 1.54) is 10.5 Å². The van der Waals surface area contributed by atoms with Gasteiger partial charge in [-0.1, -0.05) is 59.2 Å². The SMILES string of the molecule is CN(C)C=O.Cc1cc(C(C)(C)C)c(O)c(C(C)(C)C)c1. The number of carbonyl (C=O) groups is 1. The molecule has 0 spiro atoms. The molecule has 0 aliphatic rings. The highest BCUT2D eigenvalue weighted by atomic mass is 16.3. The van der Waals surface area contributed by atoms with Crippen LogP contribution in [0.15, 0.2) is 12.1 Å². The fourth-order valence-electron chi connectivity index (χ4n) is 1.92. The molecule has 120 valence electrons. The van der Waals surface area contributed by atoms with Crippen LogP contribution < -0.4 is 0 Å². The Hall–Kier alpha value is -1.51. The third kappa shape index (κ3) is 6.19. The molecule has 3 heteroatoms. The average molecular weight is 293 g/mol. The van der Waals surface area contributed by atoms with Gasteiger partial charge in [0.05, 0.1) is 0 Å². The van der Waals surface area contributed by atoms with E-state index >= 15 is 0 Å². The van der Waals surface area contributed by atoms with Crippen molar-refractivity contribution in [1.82, 2.24) is 4.90 Å². The predicted octanol–water partition coefficient (Wildman–Crippen LogP) is 4.00. The number of phenolic OH excluding ortho intramolecular Hbond substituents is 1. The Morgan fingerprint density at radius 1 is 0.952 bits per heavy atom. The maximum atomic E-state index is 10.4. The topological polar surface area (TPSA) is 40.5 Å². The maximum absolute atomic E-state index is 10.4. The lowest BCUT2D eigenvalue weighted by atomic mass is 9.78.